The Morgan fingerprint density at radius 2 is 1.81 bits per heavy atom. The minimum atomic E-state index is -1.01. The van der Waals surface area contributed by atoms with E-state index in [9.17, 15) is 14.0 Å². The zero-order valence-electron chi connectivity index (χ0n) is 11.5. The number of halogens is 1. The lowest BCUT2D eigenvalue weighted by molar-refractivity contribution is -0.137. The third-order valence-corrected chi connectivity index (χ3v) is 2.72. The van der Waals surface area contributed by atoms with E-state index in [2.05, 4.69) is 0 Å². The number of carboxylic acid groups (broad SMARTS) is 1. The molecule has 0 saturated heterocycles. The molecular weight excluding hydrogens is 281 g/mol. The number of carbonyl (C=O) groups excluding carboxylic acids is 1. The number of benzene rings is 1. The first-order valence-electron chi connectivity index (χ1n) is 6.50. The third-order valence-electron chi connectivity index (χ3n) is 2.72. The lowest BCUT2D eigenvalue weighted by Gasteiger charge is -2.22. The summed E-state index contributed by atoms with van der Waals surface area (Å²) in [6, 6.07) is 5.04. The lowest BCUT2D eigenvalue weighted by atomic mass is 10.2. The van der Waals surface area contributed by atoms with Crippen LogP contribution >= 0.6 is 0 Å². The Morgan fingerprint density at radius 3 is 2.38 bits per heavy atom. The molecule has 0 radical (unpaired) electrons. The van der Waals surface area contributed by atoms with Crippen molar-refractivity contribution in [1.82, 2.24) is 4.90 Å². The molecule has 0 saturated carbocycles. The van der Waals surface area contributed by atoms with Crippen molar-refractivity contribution in [2.75, 3.05) is 32.9 Å². The largest absolute Gasteiger partial charge is 0.481 e. The summed E-state index contributed by atoms with van der Waals surface area (Å²) in [5.74, 6) is -1.85. The van der Waals surface area contributed by atoms with Crippen LogP contribution in [0.4, 0.5) is 4.39 Å². The molecule has 21 heavy (non-hydrogen) atoms. The molecule has 6 nitrogen and oxygen atoms in total. The Hall–Kier alpha value is -1.99. The van der Waals surface area contributed by atoms with Gasteiger partial charge in [-0.05, 0) is 24.3 Å². The number of hydrogen-bond donors (Lipinski definition) is 2. The van der Waals surface area contributed by atoms with Crippen molar-refractivity contribution in [3.63, 3.8) is 0 Å². The number of aliphatic carboxylic acids is 1. The maximum atomic E-state index is 12.8. The number of nitrogens with zero attached hydrogens (tertiary/aromatic N) is 1. The first kappa shape index (κ1) is 17.1. The van der Waals surface area contributed by atoms with Crippen LogP contribution < -0.4 is 0 Å². The zero-order chi connectivity index (χ0) is 15.7. The number of aliphatic hydroxyl groups is 1. The van der Waals surface area contributed by atoms with Crippen molar-refractivity contribution >= 4 is 11.9 Å². The zero-order valence-corrected chi connectivity index (χ0v) is 11.5. The molecule has 0 aliphatic carbocycles. The molecule has 0 spiro atoms. The van der Waals surface area contributed by atoms with Gasteiger partial charge in [-0.25, -0.2) is 4.39 Å². The van der Waals surface area contributed by atoms with E-state index in [4.69, 9.17) is 14.9 Å². The number of carbonyl (C=O) groups is 2. The molecule has 0 aromatic heterocycles. The number of ether oxygens (including phenoxy) is 1. The molecule has 0 heterocycles. The quantitative estimate of drug-likeness (QED) is 0.657. The molecule has 7 heteroatoms. The van der Waals surface area contributed by atoms with Gasteiger partial charge in [0.25, 0.3) is 5.91 Å². The molecule has 0 fully saturated rings. The predicted octanol–water partition coefficient (Wildman–Crippen LogP) is 0.751. The van der Waals surface area contributed by atoms with E-state index in [0.29, 0.717) is 0 Å². The van der Waals surface area contributed by atoms with Gasteiger partial charge in [0, 0.05) is 18.7 Å². The monoisotopic (exact) mass is 299 g/mol. The number of amides is 1. The second-order valence-electron chi connectivity index (χ2n) is 4.28. The SMILES string of the molecule is O=C(O)CCN(CCOCCO)C(=O)c1ccc(F)cc1. The average Bonchev–Trinajstić information content (AvgIpc) is 2.46. The number of aliphatic hydroxyl groups excluding tert-OH is 1. The summed E-state index contributed by atoms with van der Waals surface area (Å²) in [4.78, 5) is 24.2. The summed E-state index contributed by atoms with van der Waals surface area (Å²) in [5.41, 5.74) is 0.281. The molecular formula is C14H18FNO5. The van der Waals surface area contributed by atoms with Crippen molar-refractivity contribution in [2.45, 2.75) is 6.42 Å². The van der Waals surface area contributed by atoms with Crippen LogP contribution in [0.15, 0.2) is 24.3 Å². The Labute approximate surface area is 121 Å². The summed E-state index contributed by atoms with van der Waals surface area (Å²) in [7, 11) is 0. The second kappa shape index (κ2) is 9.04. The molecule has 0 aliphatic rings. The summed E-state index contributed by atoms with van der Waals surface area (Å²) in [6.45, 7) is 0.448. The van der Waals surface area contributed by atoms with Crippen LogP contribution in [0, 0.1) is 5.82 Å². The normalized spacial score (nSPS) is 10.4. The molecule has 0 bridgehead atoms. The van der Waals surface area contributed by atoms with Crippen LogP contribution in [0.25, 0.3) is 0 Å². The van der Waals surface area contributed by atoms with Crippen LogP contribution in [0.2, 0.25) is 0 Å². The Morgan fingerprint density at radius 1 is 1.14 bits per heavy atom. The smallest absolute Gasteiger partial charge is 0.305 e. The van der Waals surface area contributed by atoms with Crippen LogP contribution in [0.1, 0.15) is 16.8 Å². The molecule has 2 N–H and O–H groups in total. The van der Waals surface area contributed by atoms with Gasteiger partial charge >= 0.3 is 5.97 Å². The van der Waals surface area contributed by atoms with Gasteiger partial charge in [-0.2, -0.15) is 0 Å². The van der Waals surface area contributed by atoms with Gasteiger partial charge in [-0.1, -0.05) is 0 Å². The molecule has 116 valence electrons. The average molecular weight is 299 g/mol. The highest BCUT2D eigenvalue weighted by molar-refractivity contribution is 5.94. The third kappa shape index (κ3) is 6.33. The van der Waals surface area contributed by atoms with Crippen LogP contribution in [0.3, 0.4) is 0 Å². The minimum Gasteiger partial charge on any atom is -0.481 e. The maximum Gasteiger partial charge on any atom is 0.305 e. The molecule has 1 aromatic rings. The van der Waals surface area contributed by atoms with Gasteiger partial charge in [-0.3, -0.25) is 9.59 Å². The maximum absolute atomic E-state index is 12.8. The highest BCUT2D eigenvalue weighted by Gasteiger charge is 2.16. The van der Waals surface area contributed by atoms with E-state index in [0.717, 1.165) is 0 Å². The summed E-state index contributed by atoms with van der Waals surface area (Å²) >= 11 is 0. The van der Waals surface area contributed by atoms with E-state index in [1.54, 1.807) is 0 Å². The fraction of sp³-hybridized carbons (Fsp3) is 0.429. The first-order valence-corrected chi connectivity index (χ1v) is 6.50. The fourth-order valence-corrected chi connectivity index (χ4v) is 1.66. The van der Waals surface area contributed by atoms with Crippen molar-refractivity contribution in [1.29, 1.82) is 0 Å². The molecule has 1 rings (SSSR count). The molecule has 0 atom stereocenters. The molecule has 0 unspecified atom stereocenters. The Kier molecular flexibility index (Phi) is 7.34. The van der Waals surface area contributed by atoms with Crippen LogP contribution in [0.5, 0.6) is 0 Å². The number of rotatable bonds is 9. The van der Waals surface area contributed by atoms with E-state index in [1.165, 1.54) is 29.2 Å². The number of carboxylic acids is 1. The standard InChI is InChI=1S/C14H18FNO5/c15-12-3-1-11(2-4-12)14(20)16(6-5-13(18)19)7-9-21-10-8-17/h1-4,17H,5-10H2,(H,18,19). The topological polar surface area (TPSA) is 87.1 Å². The van der Waals surface area contributed by atoms with E-state index in [1.807, 2.05) is 0 Å². The highest BCUT2D eigenvalue weighted by atomic mass is 19.1. The predicted molar refractivity (Wildman–Crippen MR) is 72.5 cm³/mol. The highest BCUT2D eigenvalue weighted by Crippen LogP contribution is 2.07. The Bertz CT molecular complexity index is 463. The first-order chi connectivity index (χ1) is 10.0. The van der Waals surface area contributed by atoms with Crippen molar-refractivity contribution < 1.29 is 28.9 Å². The van der Waals surface area contributed by atoms with Gasteiger partial charge in [0.1, 0.15) is 5.82 Å². The van der Waals surface area contributed by atoms with Gasteiger partial charge in [0.05, 0.1) is 26.2 Å². The van der Waals surface area contributed by atoms with Gasteiger partial charge < -0.3 is 19.8 Å². The minimum absolute atomic E-state index is 0.0357. The fourth-order valence-electron chi connectivity index (χ4n) is 1.66. The van der Waals surface area contributed by atoms with Crippen molar-refractivity contribution in [3.8, 4) is 0 Å². The summed E-state index contributed by atoms with van der Waals surface area (Å²) in [5, 5.41) is 17.3. The van der Waals surface area contributed by atoms with Gasteiger partial charge in [0.2, 0.25) is 0 Å². The summed E-state index contributed by atoms with van der Waals surface area (Å²) < 4.78 is 17.9. The van der Waals surface area contributed by atoms with Gasteiger partial charge in [-0.15, -0.1) is 0 Å². The van der Waals surface area contributed by atoms with Crippen LogP contribution in [-0.2, 0) is 9.53 Å². The molecule has 1 amide bonds. The van der Waals surface area contributed by atoms with Crippen molar-refractivity contribution in [3.05, 3.63) is 35.6 Å². The van der Waals surface area contributed by atoms with Crippen LogP contribution in [-0.4, -0.2) is 59.9 Å². The van der Waals surface area contributed by atoms with E-state index in [-0.39, 0.29) is 50.8 Å². The summed E-state index contributed by atoms with van der Waals surface area (Å²) in [6.07, 6.45) is -0.188. The van der Waals surface area contributed by atoms with Crippen molar-refractivity contribution in [2.24, 2.45) is 0 Å². The Balaban J connectivity index is 2.66. The lowest BCUT2D eigenvalue weighted by Crippen LogP contribution is -2.36. The van der Waals surface area contributed by atoms with E-state index >= 15 is 0 Å². The van der Waals surface area contributed by atoms with E-state index < -0.39 is 11.8 Å². The molecule has 1 aromatic carbocycles. The van der Waals surface area contributed by atoms with Gasteiger partial charge in [0.15, 0.2) is 0 Å². The molecule has 0 aliphatic heterocycles. The number of hydrogen-bond acceptors (Lipinski definition) is 4. The second-order valence-corrected chi connectivity index (χ2v) is 4.28.